The Balaban J connectivity index is 0.000000289. The van der Waals surface area contributed by atoms with E-state index in [1.807, 2.05) is 54.0 Å². The molecule has 0 bridgehead atoms. The van der Waals surface area contributed by atoms with Gasteiger partial charge in [-0.25, -0.2) is 0 Å². The molecule has 1 N–H and O–H groups in total. The van der Waals surface area contributed by atoms with Crippen LogP contribution in [0.1, 0.15) is 105 Å². The van der Waals surface area contributed by atoms with Crippen LogP contribution in [0.4, 0.5) is 0 Å². The maximum Gasteiger partial charge on any atom is 0.164 e. The van der Waals surface area contributed by atoms with Crippen LogP contribution in [0.3, 0.4) is 0 Å². The first-order chi connectivity index (χ1) is 24.1. The fraction of sp³-hybridized carbons (Fsp3) is 0.391. The van der Waals surface area contributed by atoms with Gasteiger partial charge in [0.05, 0.1) is 6.26 Å². The Hall–Kier alpha value is -3.57. The van der Waals surface area contributed by atoms with Crippen LogP contribution in [0.15, 0.2) is 83.3 Å². The Kier molecular flexibility index (Phi) is 12.8. The van der Waals surface area contributed by atoms with Gasteiger partial charge in [-0.2, -0.15) is 0 Å². The van der Waals surface area contributed by atoms with Gasteiger partial charge in [-0.15, -0.1) is 40.5 Å². The number of aromatic nitrogens is 1. The molecule has 0 spiro atoms. The number of carbonyl (C=O) groups excluding carboxylic acids is 1. The van der Waals surface area contributed by atoms with Crippen LogP contribution in [-0.4, -0.2) is 15.9 Å². The molecule has 277 valence electrons. The molecule has 6 aromatic rings. The first kappa shape index (κ1) is 41.2. The maximum absolute atomic E-state index is 12.2. The zero-order valence-electron chi connectivity index (χ0n) is 32.7. The van der Waals surface area contributed by atoms with Crippen LogP contribution in [-0.2, 0) is 30.3 Å². The van der Waals surface area contributed by atoms with Gasteiger partial charge >= 0.3 is 0 Å². The van der Waals surface area contributed by atoms with Gasteiger partial charge in [0.15, 0.2) is 5.78 Å². The van der Waals surface area contributed by atoms with Gasteiger partial charge in [-0.1, -0.05) is 104 Å². The molecule has 0 unspecified atom stereocenters. The number of ketones is 1. The van der Waals surface area contributed by atoms with Crippen LogP contribution in [0.5, 0.6) is 0 Å². The molecule has 0 saturated carbocycles. The number of fused-ring (bicyclic) bond motifs is 3. The number of aryl methyl sites for hydroxylation is 2. The van der Waals surface area contributed by atoms with E-state index >= 15 is 0 Å². The molecule has 0 saturated heterocycles. The van der Waals surface area contributed by atoms with Gasteiger partial charge in [0.1, 0.15) is 11.3 Å². The van der Waals surface area contributed by atoms with Crippen LogP contribution in [0.2, 0.25) is 0 Å². The number of pyridine rings is 1. The van der Waals surface area contributed by atoms with Crippen LogP contribution in [0, 0.1) is 30.7 Å². The number of furan rings is 1. The minimum Gasteiger partial charge on any atom is -0.512 e. The Morgan fingerprint density at radius 1 is 0.865 bits per heavy atom. The molecule has 3 heterocycles. The van der Waals surface area contributed by atoms with Crippen LogP contribution >= 0.6 is 11.3 Å². The first-order valence-electron chi connectivity index (χ1n) is 18.4. The third kappa shape index (κ3) is 7.86. The molecule has 0 aliphatic rings. The van der Waals surface area contributed by atoms with Gasteiger partial charge in [-0.3, -0.25) is 9.78 Å². The predicted molar refractivity (Wildman–Crippen MR) is 218 cm³/mol. The number of thiophene rings is 1. The van der Waals surface area contributed by atoms with E-state index in [-0.39, 0.29) is 47.9 Å². The molecule has 0 aliphatic heterocycles. The number of aliphatic hydroxyl groups is 1. The minimum absolute atomic E-state index is 0. The Bertz CT molecular complexity index is 2220. The average molecular weight is 893 g/mol. The summed E-state index contributed by atoms with van der Waals surface area (Å²) in [6.07, 6.45) is 8.53. The van der Waals surface area contributed by atoms with Crippen molar-refractivity contribution in [3.8, 4) is 21.7 Å². The van der Waals surface area contributed by atoms with Crippen LogP contribution in [0.25, 0.3) is 53.5 Å². The summed E-state index contributed by atoms with van der Waals surface area (Å²) in [4.78, 5) is 18.3. The van der Waals surface area contributed by atoms with Crippen molar-refractivity contribution in [2.45, 2.75) is 107 Å². The van der Waals surface area contributed by atoms with Crippen LogP contribution < -0.4 is 0 Å². The normalized spacial score (nSPS) is 12.6. The molecule has 0 amide bonds. The van der Waals surface area contributed by atoms with Crippen molar-refractivity contribution in [3.05, 3.63) is 102 Å². The summed E-state index contributed by atoms with van der Waals surface area (Å²) in [5.41, 5.74) is 7.31. The van der Waals surface area contributed by atoms with Crippen molar-refractivity contribution >= 4 is 48.9 Å². The largest absolute Gasteiger partial charge is 0.512 e. The second-order valence-corrected chi connectivity index (χ2v) is 16.5. The van der Waals surface area contributed by atoms with Crippen molar-refractivity contribution in [3.63, 3.8) is 0 Å². The Morgan fingerprint density at radius 3 is 2.13 bits per heavy atom. The number of rotatable bonds is 9. The zero-order chi connectivity index (χ0) is 37.3. The average Bonchev–Trinajstić information content (AvgIpc) is 3.69. The summed E-state index contributed by atoms with van der Waals surface area (Å²) in [6, 6.07) is 23.1. The van der Waals surface area contributed by atoms with Gasteiger partial charge in [-0.05, 0) is 73.6 Å². The fourth-order valence-electron chi connectivity index (χ4n) is 6.62. The van der Waals surface area contributed by atoms with Crippen molar-refractivity contribution in [1.82, 2.24) is 4.98 Å². The van der Waals surface area contributed by atoms with E-state index in [4.69, 9.17) is 9.40 Å². The summed E-state index contributed by atoms with van der Waals surface area (Å²) >= 11 is 1.80. The minimum atomic E-state index is -0.337. The molecule has 3 aromatic carbocycles. The molecular formula is C46H54IrNO3S-. The number of allylic oxidation sites excluding steroid dienone is 2. The van der Waals surface area contributed by atoms with Crippen molar-refractivity contribution < 1.29 is 34.4 Å². The molecule has 3 aromatic heterocycles. The number of carbonyl (C=O) groups is 1. The molecule has 0 fully saturated rings. The Labute approximate surface area is 328 Å². The van der Waals surface area contributed by atoms with Crippen molar-refractivity contribution in [1.29, 1.82) is 0 Å². The van der Waals surface area contributed by atoms with E-state index in [1.54, 1.807) is 11.3 Å². The smallest absolute Gasteiger partial charge is 0.164 e. The van der Waals surface area contributed by atoms with Gasteiger partial charge < -0.3 is 9.52 Å². The molecule has 0 atom stereocenters. The molecule has 6 rings (SSSR count). The maximum atomic E-state index is 12.2. The number of para-hydroxylation sites is 1. The summed E-state index contributed by atoms with van der Waals surface area (Å²) in [7, 11) is 0. The van der Waals surface area contributed by atoms with Gasteiger partial charge in [0.25, 0.3) is 0 Å². The quantitative estimate of drug-likeness (QED) is 0.0892. The topological polar surface area (TPSA) is 63.3 Å². The molecule has 6 heteroatoms. The third-order valence-electron chi connectivity index (χ3n) is 11.3. The second kappa shape index (κ2) is 16.2. The second-order valence-electron chi connectivity index (χ2n) is 15.5. The number of hydrogen-bond acceptors (Lipinski definition) is 5. The van der Waals surface area contributed by atoms with Crippen molar-refractivity contribution in [2.24, 2.45) is 10.8 Å². The molecule has 1 radical (unpaired) electrons. The van der Waals surface area contributed by atoms with E-state index in [0.29, 0.717) is 0 Å². The monoisotopic (exact) mass is 893 g/mol. The summed E-state index contributed by atoms with van der Waals surface area (Å²) in [5, 5.41) is 14.9. The summed E-state index contributed by atoms with van der Waals surface area (Å²) < 4.78 is 7.18. The number of aliphatic hydroxyl groups excluding tert-OH is 1. The molecular weight excluding hydrogens is 839 g/mol. The third-order valence-corrected chi connectivity index (χ3v) is 12.7. The van der Waals surface area contributed by atoms with E-state index in [0.717, 1.165) is 53.5 Å². The molecule has 0 aliphatic carbocycles. The number of benzene rings is 3. The molecule has 4 nitrogen and oxygen atoms in total. The van der Waals surface area contributed by atoms with Gasteiger partial charge in [0, 0.05) is 69.4 Å². The fourth-order valence-corrected chi connectivity index (χ4v) is 7.95. The SMILES string of the molecule is CCC(C)(CC)C(=O)/C=C(\O)C(C)(CC)CC.Cc1coc2c(-c3sc4c(-c5[c-]c6ccccc6c(C(C)(C)C)c5)nccc4c3C)cccc12.[Ir]. The van der Waals surface area contributed by atoms with E-state index in [2.05, 4.69) is 95.3 Å². The molecule has 52 heavy (non-hydrogen) atoms. The standard InChI is InChI=1S/C31H26NOS.C15H28O2.Ir/c1-18-17-33-28-22(18)11-8-12-25(28)29-19(2)23-13-14-32-27(30(23)34-29)21-15-20-9-6-7-10-24(20)26(16-21)31(3,4)5;1-7-14(5,8-2)12(16)11-13(17)15(6,9-3)10-4;/h6-14,16-17H,1-5H3;11,16H,7-10H2,1-6H3;/q-1;;/b;12-11-;. The van der Waals surface area contributed by atoms with Gasteiger partial charge in [0.2, 0.25) is 0 Å². The first-order valence-corrected chi connectivity index (χ1v) is 19.2. The van der Waals surface area contributed by atoms with E-state index < -0.39 is 0 Å². The zero-order valence-corrected chi connectivity index (χ0v) is 35.9. The summed E-state index contributed by atoms with van der Waals surface area (Å²) in [6.45, 7) is 23.2. The van der Waals surface area contributed by atoms with Crippen molar-refractivity contribution in [2.75, 3.05) is 0 Å². The van der Waals surface area contributed by atoms with E-state index in [9.17, 15) is 9.90 Å². The number of nitrogens with zero attached hydrogens (tertiary/aromatic N) is 1. The summed E-state index contributed by atoms with van der Waals surface area (Å²) in [5.74, 6) is 0.286. The predicted octanol–water partition coefficient (Wildman–Crippen LogP) is 13.9. The Morgan fingerprint density at radius 2 is 1.50 bits per heavy atom. The number of hydrogen-bond donors (Lipinski definition) is 1. The van der Waals surface area contributed by atoms with E-state index in [1.165, 1.54) is 48.5 Å².